The summed E-state index contributed by atoms with van der Waals surface area (Å²) in [7, 11) is 0. The minimum atomic E-state index is 0.616. The lowest BCUT2D eigenvalue weighted by Gasteiger charge is -2.03. The highest BCUT2D eigenvalue weighted by molar-refractivity contribution is 4.95. The molecule has 0 aliphatic heterocycles. The van der Waals surface area contributed by atoms with Gasteiger partial charge in [-0.1, -0.05) is 77.6 Å². The van der Waals surface area contributed by atoms with Gasteiger partial charge in [0.05, 0.1) is 6.26 Å². The number of unbranched alkanes of at least 4 members (excludes halogenated alkanes) is 11. The quantitative estimate of drug-likeness (QED) is 0.345. The Morgan fingerprint density at radius 3 is 1.90 bits per heavy atom. The van der Waals surface area contributed by atoms with Crippen LogP contribution in [0.5, 0.6) is 0 Å². The zero-order valence-corrected chi connectivity index (χ0v) is 13.9. The number of hydrogen-bond donors (Lipinski definition) is 0. The van der Waals surface area contributed by atoms with E-state index < -0.39 is 0 Å². The summed E-state index contributed by atoms with van der Waals surface area (Å²) in [5, 5.41) is 0. The van der Waals surface area contributed by atoms with Crippen molar-refractivity contribution in [2.45, 2.75) is 90.6 Å². The van der Waals surface area contributed by atoms with Crippen molar-refractivity contribution in [3.63, 3.8) is 0 Å². The Balaban J connectivity index is 1.69. The van der Waals surface area contributed by atoms with Crippen LogP contribution in [0.4, 0.5) is 0 Å². The van der Waals surface area contributed by atoms with Gasteiger partial charge in [-0.15, -0.1) is 0 Å². The van der Waals surface area contributed by atoms with E-state index in [1.54, 1.807) is 6.26 Å². The van der Waals surface area contributed by atoms with Gasteiger partial charge in [0.2, 0.25) is 0 Å². The Labute approximate surface area is 131 Å². The third kappa shape index (κ3) is 11.6. The average molecular weight is 294 g/mol. The Kier molecular flexibility index (Phi) is 12.4. The van der Waals surface area contributed by atoms with Crippen molar-refractivity contribution >= 4 is 0 Å². The molecule has 0 bridgehead atoms. The van der Waals surface area contributed by atoms with Crippen LogP contribution < -0.4 is 0 Å². The predicted octanol–water partition coefficient (Wildman–Crippen LogP) is 6.50. The highest BCUT2D eigenvalue weighted by Crippen LogP contribution is 2.12. The number of furan rings is 1. The first-order valence-electron chi connectivity index (χ1n) is 9.03. The molecule has 2 heteroatoms. The molecule has 1 aromatic heterocycles. The molecular weight excluding hydrogens is 260 g/mol. The zero-order valence-electron chi connectivity index (χ0n) is 13.9. The van der Waals surface area contributed by atoms with Crippen molar-refractivity contribution in [3.05, 3.63) is 24.2 Å². The maximum atomic E-state index is 5.58. The molecule has 0 saturated heterocycles. The third-order valence-electron chi connectivity index (χ3n) is 3.97. The standard InChI is InChI=1S/C19H34O2/c1-2-3-4-5-6-7-8-9-10-11-12-13-16-20-18-19-15-14-17-21-19/h14-15,17H,2-13,16,18H2,1H3. The molecule has 0 saturated carbocycles. The smallest absolute Gasteiger partial charge is 0.129 e. The SMILES string of the molecule is CCCCCCCCCCCCCCOCc1ccco1. The van der Waals surface area contributed by atoms with Crippen molar-refractivity contribution in [2.75, 3.05) is 6.61 Å². The van der Waals surface area contributed by atoms with Gasteiger partial charge in [-0.05, 0) is 18.6 Å². The van der Waals surface area contributed by atoms with Crippen molar-refractivity contribution in [3.8, 4) is 0 Å². The first-order chi connectivity index (χ1) is 10.4. The van der Waals surface area contributed by atoms with Crippen molar-refractivity contribution in [2.24, 2.45) is 0 Å². The summed E-state index contributed by atoms with van der Waals surface area (Å²) in [5.41, 5.74) is 0. The van der Waals surface area contributed by atoms with Gasteiger partial charge in [0.1, 0.15) is 12.4 Å². The van der Waals surface area contributed by atoms with E-state index in [4.69, 9.17) is 9.15 Å². The molecule has 0 aromatic carbocycles. The second-order valence-corrected chi connectivity index (χ2v) is 6.02. The van der Waals surface area contributed by atoms with Gasteiger partial charge in [0.15, 0.2) is 0 Å². The van der Waals surface area contributed by atoms with Crippen LogP contribution in [0.15, 0.2) is 22.8 Å². The molecule has 0 fully saturated rings. The molecule has 122 valence electrons. The highest BCUT2D eigenvalue weighted by Gasteiger charge is 1.96. The van der Waals surface area contributed by atoms with Gasteiger partial charge < -0.3 is 9.15 Å². The molecule has 21 heavy (non-hydrogen) atoms. The van der Waals surface area contributed by atoms with E-state index in [-0.39, 0.29) is 0 Å². The largest absolute Gasteiger partial charge is 0.467 e. The summed E-state index contributed by atoms with van der Waals surface area (Å²) in [6.45, 7) is 3.76. The summed E-state index contributed by atoms with van der Waals surface area (Å²) in [6.07, 6.45) is 18.3. The summed E-state index contributed by atoms with van der Waals surface area (Å²) in [4.78, 5) is 0. The van der Waals surface area contributed by atoms with Crippen LogP contribution in [-0.4, -0.2) is 6.61 Å². The maximum absolute atomic E-state index is 5.58. The molecule has 0 aliphatic rings. The van der Waals surface area contributed by atoms with E-state index in [0.29, 0.717) is 6.61 Å². The van der Waals surface area contributed by atoms with Gasteiger partial charge in [0.25, 0.3) is 0 Å². The molecule has 0 N–H and O–H groups in total. The maximum Gasteiger partial charge on any atom is 0.129 e. The minimum absolute atomic E-state index is 0.616. The first kappa shape index (κ1) is 18.3. The van der Waals surface area contributed by atoms with E-state index in [9.17, 15) is 0 Å². The fourth-order valence-electron chi connectivity index (χ4n) is 2.61. The Bertz CT molecular complexity index is 293. The lowest BCUT2D eigenvalue weighted by Crippen LogP contribution is -1.94. The summed E-state index contributed by atoms with van der Waals surface area (Å²) >= 11 is 0. The minimum Gasteiger partial charge on any atom is -0.467 e. The molecule has 1 aromatic rings. The van der Waals surface area contributed by atoms with Crippen LogP contribution in [0.25, 0.3) is 0 Å². The van der Waals surface area contributed by atoms with Gasteiger partial charge in [0, 0.05) is 6.61 Å². The molecule has 0 unspecified atom stereocenters. The van der Waals surface area contributed by atoms with Crippen LogP contribution >= 0.6 is 0 Å². The van der Waals surface area contributed by atoms with Gasteiger partial charge >= 0.3 is 0 Å². The van der Waals surface area contributed by atoms with E-state index >= 15 is 0 Å². The third-order valence-corrected chi connectivity index (χ3v) is 3.97. The summed E-state index contributed by atoms with van der Waals surface area (Å²) in [6, 6.07) is 3.87. The topological polar surface area (TPSA) is 22.4 Å². The molecule has 0 atom stereocenters. The molecule has 2 nitrogen and oxygen atoms in total. The summed E-state index contributed by atoms with van der Waals surface area (Å²) in [5.74, 6) is 0.925. The fraction of sp³-hybridized carbons (Fsp3) is 0.789. The number of rotatable bonds is 15. The predicted molar refractivity (Wildman–Crippen MR) is 89.4 cm³/mol. The normalized spacial score (nSPS) is 11.1. The summed E-state index contributed by atoms with van der Waals surface area (Å²) < 4.78 is 10.8. The monoisotopic (exact) mass is 294 g/mol. The lowest BCUT2D eigenvalue weighted by molar-refractivity contribution is 0.102. The molecule has 0 amide bonds. The van der Waals surface area contributed by atoms with E-state index in [1.165, 1.54) is 77.0 Å². The molecule has 1 heterocycles. The first-order valence-corrected chi connectivity index (χ1v) is 9.03. The second-order valence-electron chi connectivity index (χ2n) is 6.02. The van der Waals surface area contributed by atoms with Crippen LogP contribution in [-0.2, 0) is 11.3 Å². The zero-order chi connectivity index (χ0) is 15.0. The molecule has 0 spiro atoms. The Morgan fingerprint density at radius 2 is 1.38 bits per heavy atom. The van der Waals surface area contributed by atoms with E-state index in [2.05, 4.69) is 6.92 Å². The average Bonchev–Trinajstić information content (AvgIpc) is 3.01. The van der Waals surface area contributed by atoms with E-state index in [1.807, 2.05) is 12.1 Å². The highest BCUT2D eigenvalue weighted by atomic mass is 16.5. The number of hydrogen-bond acceptors (Lipinski definition) is 2. The van der Waals surface area contributed by atoms with E-state index in [0.717, 1.165) is 12.4 Å². The van der Waals surface area contributed by atoms with Gasteiger partial charge in [-0.25, -0.2) is 0 Å². The fourth-order valence-corrected chi connectivity index (χ4v) is 2.61. The Hall–Kier alpha value is -0.760. The lowest BCUT2D eigenvalue weighted by atomic mass is 10.1. The molecule has 0 aliphatic carbocycles. The van der Waals surface area contributed by atoms with Crippen molar-refractivity contribution in [1.82, 2.24) is 0 Å². The van der Waals surface area contributed by atoms with Gasteiger partial charge in [-0.2, -0.15) is 0 Å². The van der Waals surface area contributed by atoms with Crippen molar-refractivity contribution in [1.29, 1.82) is 0 Å². The Morgan fingerprint density at radius 1 is 0.810 bits per heavy atom. The molecular formula is C19H34O2. The number of ether oxygens (including phenoxy) is 1. The second kappa shape index (κ2) is 14.2. The molecule has 1 rings (SSSR count). The van der Waals surface area contributed by atoms with Crippen LogP contribution in [0, 0.1) is 0 Å². The van der Waals surface area contributed by atoms with Gasteiger partial charge in [-0.3, -0.25) is 0 Å². The van der Waals surface area contributed by atoms with Crippen molar-refractivity contribution < 1.29 is 9.15 Å². The van der Waals surface area contributed by atoms with Crippen LogP contribution in [0.3, 0.4) is 0 Å². The van der Waals surface area contributed by atoms with Crippen LogP contribution in [0.1, 0.15) is 89.7 Å². The molecule has 0 radical (unpaired) electrons. The van der Waals surface area contributed by atoms with Crippen LogP contribution in [0.2, 0.25) is 0 Å².